The topological polar surface area (TPSA) is 67.0 Å². The molecular weight excluding hydrogens is 286 g/mol. The summed E-state index contributed by atoms with van der Waals surface area (Å²) in [5.74, 6) is 1.40. The van der Waals surface area contributed by atoms with Crippen LogP contribution in [0, 0.1) is 0 Å². The van der Waals surface area contributed by atoms with Crippen molar-refractivity contribution in [1.29, 1.82) is 0 Å². The maximum atomic E-state index is 11.7. The molecule has 1 heterocycles. The van der Waals surface area contributed by atoms with E-state index in [9.17, 15) is 4.79 Å². The van der Waals surface area contributed by atoms with Gasteiger partial charge < -0.3 is 15.0 Å². The first-order valence-electron chi connectivity index (χ1n) is 7.02. The van der Waals surface area contributed by atoms with Crippen molar-refractivity contribution in [2.45, 2.75) is 18.6 Å². The standard InChI is InChI=1S/C15H21N3O2S/c1-11(21-10-14(19)16-8-5-9-20-2)15-17-12-6-3-4-7-13(12)18-15/h3-4,6-7,11H,5,8-10H2,1-2H3,(H,16,19)(H,17,18). The number of fused-ring (bicyclic) bond motifs is 1. The van der Waals surface area contributed by atoms with E-state index >= 15 is 0 Å². The van der Waals surface area contributed by atoms with E-state index in [1.165, 1.54) is 0 Å². The van der Waals surface area contributed by atoms with Crippen LogP contribution in [-0.4, -0.2) is 41.9 Å². The molecule has 1 aromatic carbocycles. The monoisotopic (exact) mass is 307 g/mol. The lowest BCUT2D eigenvalue weighted by Gasteiger charge is -2.08. The van der Waals surface area contributed by atoms with Gasteiger partial charge in [0, 0.05) is 20.3 Å². The number of hydrogen-bond acceptors (Lipinski definition) is 4. The van der Waals surface area contributed by atoms with Crippen LogP contribution in [0.4, 0.5) is 0 Å². The number of nitrogens with zero attached hydrogens (tertiary/aromatic N) is 1. The Morgan fingerprint density at radius 3 is 3.05 bits per heavy atom. The molecule has 114 valence electrons. The van der Waals surface area contributed by atoms with E-state index in [2.05, 4.69) is 22.2 Å². The van der Waals surface area contributed by atoms with Crippen molar-refractivity contribution in [2.24, 2.45) is 0 Å². The minimum atomic E-state index is 0.0547. The largest absolute Gasteiger partial charge is 0.385 e. The molecule has 2 N–H and O–H groups in total. The maximum absolute atomic E-state index is 11.7. The number of benzene rings is 1. The summed E-state index contributed by atoms with van der Waals surface area (Å²) in [5, 5.41) is 3.04. The van der Waals surface area contributed by atoms with E-state index in [0.29, 0.717) is 18.9 Å². The van der Waals surface area contributed by atoms with Crippen LogP contribution in [0.15, 0.2) is 24.3 Å². The van der Waals surface area contributed by atoms with Crippen LogP contribution < -0.4 is 5.32 Å². The van der Waals surface area contributed by atoms with E-state index in [4.69, 9.17) is 4.74 Å². The number of methoxy groups -OCH3 is 1. The molecule has 1 unspecified atom stereocenters. The number of hydrogen-bond donors (Lipinski definition) is 2. The minimum Gasteiger partial charge on any atom is -0.385 e. The Balaban J connectivity index is 1.78. The number of amides is 1. The molecule has 0 fully saturated rings. The number of rotatable bonds is 8. The molecule has 0 bridgehead atoms. The Morgan fingerprint density at radius 1 is 1.48 bits per heavy atom. The van der Waals surface area contributed by atoms with E-state index in [-0.39, 0.29) is 11.2 Å². The molecule has 2 aromatic rings. The van der Waals surface area contributed by atoms with Gasteiger partial charge in [-0.1, -0.05) is 12.1 Å². The third-order valence-electron chi connectivity index (χ3n) is 3.10. The molecule has 0 aliphatic heterocycles. The second kappa shape index (κ2) is 8.05. The highest BCUT2D eigenvalue weighted by molar-refractivity contribution is 8.00. The highest BCUT2D eigenvalue weighted by atomic mass is 32.2. The third-order valence-corrected chi connectivity index (χ3v) is 4.26. The molecule has 1 amide bonds. The first-order valence-corrected chi connectivity index (χ1v) is 8.07. The van der Waals surface area contributed by atoms with E-state index in [1.54, 1.807) is 18.9 Å². The smallest absolute Gasteiger partial charge is 0.230 e. The normalized spacial score (nSPS) is 12.5. The number of nitrogens with one attached hydrogen (secondary N) is 2. The predicted octanol–water partition coefficient (Wildman–Crippen LogP) is 2.51. The summed E-state index contributed by atoms with van der Waals surface area (Å²) in [6.45, 7) is 3.38. The van der Waals surface area contributed by atoms with Crippen molar-refractivity contribution in [1.82, 2.24) is 15.3 Å². The van der Waals surface area contributed by atoms with Crippen LogP contribution in [0.5, 0.6) is 0 Å². The number of para-hydroxylation sites is 2. The summed E-state index contributed by atoms with van der Waals surface area (Å²) in [4.78, 5) is 19.6. The van der Waals surface area contributed by atoms with Crippen molar-refractivity contribution in [3.05, 3.63) is 30.1 Å². The molecule has 21 heavy (non-hydrogen) atoms. The number of carbonyl (C=O) groups is 1. The number of H-pyrrole nitrogens is 1. The van der Waals surface area contributed by atoms with Crippen LogP contribution >= 0.6 is 11.8 Å². The molecule has 0 spiro atoms. The first-order chi connectivity index (χ1) is 10.2. The number of ether oxygens (including phenoxy) is 1. The Hall–Kier alpha value is -1.53. The van der Waals surface area contributed by atoms with E-state index in [1.807, 2.05) is 24.3 Å². The molecular formula is C15H21N3O2S. The van der Waals surface area contributed by atoms with Gasteiger partial charge in [0.15, 0.2) is 0 Å². The van der Waals surface area contributed by atoms with Gasteiger partial charge in [0.1, 0.15) is 5.82 Å². The molecule has 1 atom stereocenters. The van der Waals surface area contributed by atoms with Gasteiger partial charge in [-0.3, -0.25) is 4.79 Å². The second-order valence-corrected chi connectivity index (χ2v) is 6.12. The molecule has 6 heteroatoms. The van der Waals surface area contributed by atoms with Gasteiger partial charge in [-0.05, 0) is 25.5 Å². The number of aromatic nitrogens is 2. The Kier molecular flexibility index (Phi) is 6.07. The van der Waals surface area contributed by atoms with Gasteiger partial charge in [-0.15, -0.1) is 11.8 Å². The summed E-state index contributed by atoms with van der Waals surface area (Å²) >= 11 is 1.58. The fourth-order valence-corrected chi connectivity index (χ4v) is 2.71. The summed E-state index contributed by atoms with van der Waals surface area (Å²) in [6, 6.07) is 7.94. The lowest BCUT2D eigenvalue weighted by atomic mass is 10.3. The van der Waals surface area contributed by atoms with Crippen molar-refractivity contribution in [3.8, 4) is 0 Å². The summed E-state index contributed by atoms with van der Waals surface area (Å²) in [7, 11) is 1.66. The summed E-state index contributed by atoms with van der Waals surface area (Å²) in [5.41, 5.74) is 1.99. The molecule has 0 aliphatic rings. The Bertz CT molecular complexity index is 552. The fourth-order valence-electron chi connectivity index (χ4n) is 1.94. The van der Waals surface area contributed by atoms with Gasteiger partial charge in [-0.25, -0.2) is 4.98 Å². The summed E-state index contributed by atoms with van der Waals surface area (Å²) < 4.78 is 4.94. The maximum Gasteiger partial charge on any atom is 0.230 e. The SMILES string of the molecule is COCCCNC(=O)CSC(C)c1nc2ccccc2[nH]1. The molecule has 0 saturated carbocycles. The average Bonchev–Trinajstić information content (AvgIpc) is 2.93. The van der Waals surface area contributed by atoms with Crippen LogP contribution in [-0.2, 0) is 9.53 Å². The summed E-state index contributed by atoms with van der Waals surface area (Å²) in [6.07, 6.45) is 0.839. The van der Waals surface area contributed by atoms with Crippen molar-refractivity contribution >= 4 is 28.7 Å². The Labute approximate surface area is 128 Å². The lowest BCUT2D eigenvalue weighted by Crippen LogP contribution is -2.27. The number of imidazole rings is 1. The predicted molar refractivity (Wildman–Crippen MR) is 86.5 cm³/mol. The van der Waals surface area contributed by atoms with Crippen molar-refractivity contribution < 1.29 is 9.53 Å². The highest BCUT2D eigenvalue weighted by Crippen LogP contribution is 2.27. The van der Waals surface area contributed by atoms with Crippen molar-refractivity contribution in [3.63, 3.8) is 0 Å². The van der Waals surface area contributed by atoms with Crippen LogP contribution in [0.2, 0.25) is 0 Å². The lowest BCUT2D eigenvalue weighted by molar-refractivity contribution is -0.118. The Morgan fingerprint density at radius 2 is 2.29 bits per heavy atom. The minimum absolute atomic E-state index is 0.0547. The second-order valence-electron chi connectivity index (χ2n) is 4.79. The first kappa shape index (κ1) is 15.9. The molecule has 1 aromatic heterocycles. The van der Waals surface area contributed by atoms with Gasteiger partial charge >= 0.3 is 0 Å². The van der Waals surface area contributed by atoms with Gasteiger partial charge in [0.25, 0.3) is 0 Å². The number of carbonyl (C=O) groups excluding carboxylic acids is 1. The molecule has 5 nitrogen and oxygen atoms in total. The zero-order chi connectivity index (χ0) is 15.1. The van der Waals surface area contributed by atoms with Crippen LogP contribution in [0.25, 0.3) is 11.0 Å². The van der Waals surface area contributed by atoms with Crippen LogP contribution in [0.1, 0.15) is 24.4 Å². The van der Waals surface area contributed by atoms with Gasteiger partial charge in [0.2, 0.25) is 5.91 Å². The van der Waals surface area contributed by atoms with Crippen LogP contribution in [0.3, 0.4) is 0 Å². The third kappa shape index (κ3) is 4.75. The quantitative estimate of drug-likeness (QED) is 0.735. The molecule has 0 radical (unpaired) electrons. The number of thioether (sulfide) groups is 1. The molecule has 2 rings (SSSR count). The molecule has 0 aliphatic carbocycles. The van der Waals surface area contributed by atoms with Gasteiger partial charge in [-0.2, -0.15) is 0 Å². The number of aromatic amines is 1. The van der Waals surface area contributed by atoms with Crippen molar-refractivity contribution in [2.75, 3.05) is 26.0 Å². The zero-order valence-electron chi connectivity index (χ0n) is 12.4. The van der Waals surface area contributed by atoms with E-state index < -0.39 is 0 Å². The van der Waals surface area contributed by atoms with Gasteiger partial charge in [0.05, 0.1) is 22.0 Å². The highest BCUT2D eigenvalue weighted by Gasteiger charge is 2.13. The molecule has 0 saturated heterocycles. The average molecular weight is 307 g/mol. The van der Waals surface area contributed by atoms with E-state index in [0.717, 1.165) is 23.3 Å². The zero-order valence-corrected chi connectivity index (χ0v) is 13.2. The fraction of sp³-hybridized carbons (Fsp3) is 0.467.